The molecule has 5 rings (SSSR count). The first kappa shape index (κ1) is 22.8. The fourth-order valence-corrected chi connectivity index (χ4v) is 6.04. The number of amides is 3. The van der Waals surface area contributed by atoms with Gasteiger partial charge >= 0.3 is 0 Å². The third kappa shape index (κ3) is 3.74. The van der Waals surface area contributed by atoms with Gasteiger partial charge in [0.2, 0.25) is 17.7 Å². The largest absolute Gasteiger partial charge is 0.359 e. The van der Waals surface area contributed by atoms with Crippen molar-refractivity contribution < 1.29 is 23.5 Å². The van der Waals surface area contributed by atoms with Gasteiger partial charge in [-0.1, -0.05) is 49.6 Å². The normalized spacial score (nSPS) is 32.0. The molecule has 2 saturated heterocycles. The number of benzene rings is 1. The molecule has 0 aromatic heterocycles. The molecule has 1 aliphatic carbocycles. The van der Waals surface area contributed by atoms with Crippen molar-refractivity contribution in [2.24, 2.45) is 11.8 Å². The molecule has 2 N–H and O–H groups in total. The molecule has 1 aromatic carbocycles. The Hall–Kier alpha value is -3.00. The molecule has 2 bridgehead atoms. The number of fused-ring (bicyclic) bond motifs is 1. The molecule has 8 heteroatoms. The average molecular weight is 468 g/mol. The van der Waals surface area contributed by atoms with E-state index in [4.69, 9.17) is 4.74 Å². The van der Waals surface area contributed by atoms with Crippen molar-refractivity contribution in [2.45, 2.75) is 62.4 Å². The van der Waals surface area contributed by atoms with Crippen LogP contribution in [-0.2, 0) is 25.7 Å². The SMILES string of the molecule is C=CCN1C(=O)[C@H]2[C@@H](C(=O)NCc3ccc(F)cc3)[C@H]3C=C[C@]2(O3)[C@H]1C(=O)NC1CCCCC1. The quantitative estimate of drug-likeness (QED) is 0.602. The van der Waals surface area contributed by atoms with Crippen LogP contribution in [0.5, 0.6) is 0 Å². The summed E-state index contributed by atoms with van der Waals surface area (Å²) in [5.74, 6) is -2.68. The summed E-state index contributed by atoms with van der Waals surface area (Å²) < 4.78 is 19.5. The predicted octanol–water partition coefficient (Wildman–Crippen LogP) is 2.23. The lowest BCUT2D eigenvalue weighted by atomic mass is 9.74. The number of carbonyl (C=O) groups excluding carboxylic acids is 3. The second-order valence-corrected chi connectivity index (χ2v) is 9.67. The summed E-state index contributed by atoms with van der Waals surface area (Å²) >= 11 is 0. The molecule has 1 saturated carbocycles. The van der Waals surface area contributed by atoms with Gasteiger partial charge in [-0.3, -0.25) is 14.4 Å². The molecule has 3 fully saturated rings. The molecule has 1 spiro atoms. The summed E-state index contributed by atoms with van der Waals surface area (Å²) in [6.07, 6.45) is 9.80. The van der Waals surface area contributed by atoms with Gasteiger partial charge in [0, 0.05) is 19.1 Å². The highest BCUT2D eigenvalue weighted by Gasteiger charge is 2.72. The monoisotopic (exact) mass is 467 g/mol. The molecule has 0 unspecified atom stereocenters. The number of hydrogen-bond acceptors (Lipinski definition) is 4. The minimum absolute atomic E-state index is 0.0924. The number of carbonyl (C=O) groups is 3. The van der Waals surface area contributed by atoms with Crippen molar-refractivity contribution in [3.05, 3.63) is 60.5 Å². The van der Waals surface area contributed by atoms with E-state index in [2.05, 4.69) is 17.2 Å². The molecule has 180 valence electrons. The molecule has 34 heavy (non-hydrogen) atoms. The van der Waals surface area contributed by atoms with Crippen LogP contribution in [0.2, 0.25) is 0 Å². The minimum Gasteiger partial charge on any atom is -0.359 e. The van der Waals surface area contributed by atoms with Crippen LogP contribution < -0.4 is 10.6 Å². The van der Waals surface area contributed by atoms with Crippen LogP contribution in [0.25, 0.3) is 0 Å². The smallest absolute Gasteiger partial charge is 0.246 e. The number of hydrogen-bond donors (Lipinski definition) is 2. The zero-order valence-corrected chi connectivity index (χ0v) is 19.0. The van der Waals surface area contributed by atoms with Crippen LogP contribution in [0.4, 0.5) is 4.39 Å². The molecule has 3 amide bonds. The summed E-state index contributed by atoms with van der Waals surface area (Å²) in [6.45, 7) is 4.16. The Balaban J connectivity index is 1.37. The molecule has 0 radical (unpaired) electrons. The summed E-state index contributed by atoms with van der Waals surface area (Å²) in [4.78, 5) is 41.8. The molecule has 1 aromatic rings. The van der Waals surface area contributed by atoms with E-state index in [9.17, 15) is 18.8 Å². The first-order valence-corrected chi connectivity index (χ1v) is 12.1. The lowest BCUT2D eigenvalue weighted by Crippen LogP contribution is -2.56. The van der Waals surface area contributed by atoms with Gasteiger partial charge in [0.1, 0.15) is 17.5 Å². The van der Waals surface area contributed by atoms with Crippen LogP contribution in [0.3, 0.4) is 0 Å². The maximum absolute atomic E-state index is 13.6. The van der Waals surface area contributed by atoms with Crippen LogP contribution >= 0.6 is 0 Å². The van der Waals surface area contributed by atoms with Gasteiger partial charge in [0.25, 0.3) is 0 Å². The van der Waals surface area contributed by atoms with Crippen molar-refractivity contribution in [1.82, 2.24) is 15.5 Å². The first-order chi connectivity index (χ1) is 16.4. The maximum Gasteiger partial charge on any atom is 0.246 e. The fraction of sp³-hybridized carbons (Fsp3) is 0.500. The van der Waals surface area contributed by atoms with Crippen LogP contribution in [0.15, 0.2) is 49.1 Å². The Morgan fingerprint density at radius 3 is 2.62 bits per heavy atom. The highest BCUT2D eigenvalue weighted by molar-refractivity contribution is 6.00. The Labute approximate surface area is 198 Å². The second-order valence-electron chi connectivity index (χ2n) is 9.67. The van der Waals surface area contributed by atoms with E-state index in [0.29, 0.717) is 0 Å². The number of nitrogens with one attached hydrogen (secondary N) is 2. The Bertz CT molecular complexity index is 1020. The van der Waals surface area contributed by atoms with Gasteiger partial charge in [-0.15, -0.1) is 6.58 Å². The molecule has 4 aliphatic rings. The van der Waals surface area contributed by atoms with Gasteiger partial charge in [-0.2, -0.15) is 0 Å². The second kappa shape index (κ2) is 8.98. The van der Waals surface area contributed by atoms with Gasteiger partial charge in [-0.05, 0) is 30.5 Å². The maximum atomic E-state index is 13.6. The standard InChI is InChI=1S/C26H30FN3O4/c1-2-14-30-22(24(32)29-18-6-4-3-5-7-18)26-13-12-19(34-26)20(21(26)25(30)33)23(31)28-15-16-8-10-17(27)11-9-16/h2,8-13,18-22H,1,3-7,14-15H2,(H,28,31)(H,29,32)/t19-,20+,21-,22-,26-/m1/s1. The number of nitrogens with zero attached hydrogens (tertiary/aromatic N) is 1. The van der Waals surface area contributed by atoms with E-state index in [0.717, 1.165) is 31.2 Å². The third-order valence-corrected chi connectivity index (χ3v) is 7.58. The summed E-state index contributed by atoms with van der Waals surface area (Å²) in [6, 6.07) is 5.13. The van der Waals surface area contributed by atoms with E-state index in [-0.39, 0.29) is 42.7 Å². The number of ether oxygens (including phenoxy) is 1. The lowest BCUT2D eigenvalue weighted by Gasteiger charge is -2.33. The molecule has 3 aliphatic heterocycles. The van der Waals surface area contributed by atoms with Gasteiger partial charge in [0.05, 0.1) is 17.9 Å². The average Bonchev–Trinajstić information content (AvgIpc) is 3.47. The Kier molecular flexibility index (Phi) is 6.02. The molecule has 7 nitrogen and oxygen atoms in total. The van der Waals surface area contributed by atoms with Crippen LogP contribution in [0, 0.1) is 17.7 Å². The predicted molar refractivity (Wildman–Crippen MR) is 123 cm³/mol. The number of halogens is 1. The van der Waals surface area contributed by atoms with E-state index in [1.807, 2.05) is 0 Å². The van der Waals surface area contributed by atoms with Crippen LogP contribution in [0.1, 0.15) is 37.7 Å². The van der Waals surface area contributed by atoms with Crippen molar-refractivity contribution in [3.8, 4) is 0 Å². The van der Waals surface area contributed by atoms with Gasteiger partial charge in [-0.25, -0.2) is 4.39 Å². The highest BCUT2D eigenvalue weighted by atomic mass is 19.1. The van der Waals surface area contributed by atoms with E-state index >= 15 is 0 Å². The van der Waals surface area contributed by atoms with Crippen molar-refractivity contribution in [1.29, 1.82) is 0 Å². The van der Waals surface area contributed by atoms with E-state index < -0.39 is 29.6 Å². The highest BCUT2D eigenvalue weighted by Crippen LogP contribution is 2.55. The zero-order chi connectivity index (χ0) is 23.9. The molecular weight excluding hydrogens is 437 g/mol. The fourth-order valence-electron chi connectivity index (χ4n) is 6.04. The topological polar surface area (TPSA) is 87.7 Å². The molecule has 5 atom stereocenters. The first-order valence-electron chi connectivity index (χ1n) is 12.1. The summed E-state index contributed by atoms with van der Waals surface area (Å²) in [5, 5.41) is 6.01. The number of likely N-dealkylation sites (tertiary alicyclic amines) is 1. The molecular formula is C26H30FN3O4. The van der Waals surface area contributed by atoms with Crippen LogP contribution in [-0.4, -0.2) is 53.0 Å². The molecule has 3 heterocycles. The van der Waals surface area contributed by atoms with Gasteiger partial charge < -0.3 is 20.3 Å². The van der Waals surface area contributed by atoms with Crippen molar-refractivity contribution in [3.63, 3.8) is 0 Å². The van der Waals surface area contributed by atoms with Crippen molar-refractivity contribution >= 4 is 17.7 Å². The minimum atomic E-state index is -1.17. The third-order valence-electron chi connectivity index (χ3n) is 7.58. The van der Waals surface area contributed by atoms with Crippen molar-refractivity contribution in [2.75, 3.05) is 6.54 Å². The van der Waals surface area contributed by atoms with E-state index in [1.54, 1.807) is 30.4 Å². The van der Waals surface area contributed by atoms with Gasteiger partial charge in [0.15, 0.2) is 0 Å². The lowest BCUT2D eigenvalue weighted by molar-refractivity contribution is -0.141. The summed E-state index contributed by atoms with van der Waals surface area (Å²) in [5.41, 5.74) is -0.415. The Morgan fingerprint density at radius 1 is 1.18 bits per heavy atom. The zero-order valence-electron chi connectivity index (χ0n) is 19.0. The Morgan fingerprint density at radius 2 is 1.91 bits per heavy atom. The van der Waals surface area contributed by atoms with E-state index in [1.165, 1.54) is 23.5 Å². The summed E-state index contributed by atoms with van der Waals surface area (Å²) in [7, 11) is 0. The number of rotatable bonds is 7.